The zero-order chi connectivity index (χ0) is 20.1. The lowest BCUT2D eigenvalue weighted by atomic mass is 9.81. The summed E-state index contributed by atoms with van der Waals surface area (Å²) < 4.78 is 11.1. The number of ether oxygens (including phenoxy) is 1. The number of nitrogens with one attached hydrogen (secondary N) is 1. The Kier molecular flexibility index (Phi) is 5.60. The van der Waals surface area contributed by atoms with Gasteiger partial charge in [0.1, 0.15) is 11.3 Å². The third-order valence-electron chi connectivity index (χ3n) is 5.37. The number of rotatable bonds is 6. The molecule has 1 saturated carbocycles. The van der Waals surface area contributed by atoms with Crippen molar-refractivity contribution in [3.8, 4) is 16.9 Å². The SMILES string of the molecule is Cc1nc(C2(NC(=O)COc3ccccc3-c3ccccc3)CCCCC2)no1. The molecule has 1 aliphatic carbocycles. The lowest BCUT2D eigenvalue weighted by Crippen LogP contribution is -2.49. The van der Waals surface area contributed by atoms with Gasteiger partial charge in [-0.1, -0.05) is 73.0 Å². The van der Waals surface area contributed by atoms with E-state index in [2.05, 4.69) is 15.5 Å². The van der Waals surface area contributed by atoms with E-state index in [0.717, 1.165) is 43.2 Å². The fourth-order valence-corrected chi connectivity index (χ4v) is 3.95. The van der Waals surface area contributed by atoms with Crippen molar-refractivity contribution in [2.45, 2.75) is 44.6 Å². The van der Waals surface area contributed by atoms with Gasteiger partial charge in [-0.3, -0.25) is 4.79 Å². The van der Waals surface area contributed by atoms with Crippen LogP contribution in [0.15, 0.2) is 59.1 Å². The van der Waals surface area contributed by atoms with Crippen molar-refractivity contribution in [3.63, 3.8) is 0 Å². The summed E-state index contributed by atoms with van der Waals surface area (Å²) in [4.78, 5) is 17.2. The van der Waals surface area contributed by atoms with Gasteiger partial charge in [-0.25, -0.2) is 0 Å². The summed E-state index contributed by atoms with van der Waals surface area (Å²) in [6.07, 6.45) is 4.79. The minimum absolute atomic E-state index is 0.0670. The number of amides is 1. The highest BCUT2D eigenvalue weighted by molar-refractivity contribution is 5.79. The Bertz CT molecular complexity index is 962. The maximum Gasteiger partial charge on any atom is 0.258 e. The minimum Gasteiger partial charge on any atom is -0.483 e. The number of hydrogen-bond acceptors (Lipinski definition) is 5. The van der Waals surface area contributed by atoms with Crippen LogP contribution in [-0.4, -0.2) is 22.7 Å². The average molecular weight is 391 g/mol. The van der Waals surface area contributed by atoms with Crippen LogP contribution in [0.2, 0.25) is 0 Å². The topological polar surface area (TPSA) is 77.2 Å². The van der Waals surface area contributed by atoms with Crippen molar-refractivity contribution >= 4 is 5.91 Å². The maximum atomic E-state index is 12.8. The highest BCUT2D eigenvalue weighted by Gasteiger charge is 2.39. The molecular weight excluding hydrogens is 366 g/mol. The molecule has 1 aliphatic rings. The molecule has 3 aromatic rings. The molecule has 0 spiro atoms. The third-order valence-corrected chi connectivity index (χ3v) is 5.37. The van der Waals surface area contributed by atoms with Crippen molar-refractivity contribution < 1.29 is 14.1 Å². The summed E-state index contributed by atoms with van der Waals surface area (Å²) in [6.45, 7) is 1.70. The fraction of sp³-hybridized carbons (Fsp3) is 0.348. The van der Waals surface area contributed by atoms with Gasteiger partial charge < -0.3 is 14.6 Å². The summed E-state index contributed by atoms with van der Waals surface area (Å²) in [5.74, 6) is 1.57. The molecule has 1 heterocycles. The quantitative estimate of drug-likeness (QED) is 0.674. The number of aromatic nitrogens is 2. The fourth-order valence-electron chi connectivity index (χ4n) is 3.95. The first-order valence-electron chi connectivity index (χ1n) is 10.1. The first-order valence-corrected chi connectivity index (χ1v) is 10.1. The van der Waals surface area contributed by atoms with E-state index in [-0.39, 0.29) is 12.5 Å². The van der Waals surface area contributed by atoms with E-state index in [1.165, 1.54) is 0 Å². The summed E-state index contributed by atoms with van der Waals surface area (Å²) in [7, 11) is 0. The number of hydrogen-bond donors (Lipinski definition) is 1. The van der Waals surface area contributed by atoms with Crippen LogP contribution < -0.4 is 10.1 Å². The first-order chi connectivity index (χ1) is 14.2. The lowest BCUT2D eigenvalue weighted by molar-refractivity contribution is -0.125. The van der Waals surface area contributed by atoms with Gasteiger partial charge >= 0.3 is 0 Å². The molecule has 1 aromatic heterocycles. The molecule has 1 fully saturated rings. The van der Waals surface area contributed by atoms with E-state index >= 15 is 0 Å². The third kappa shape index (κ3) is 4.31. The molecule has 6 heteroatoms. The number of para-hydroxylation sites is 1. The van der Waals surface area contributed by atoms with Crippen molar-refractivity contribution in [1.82, 2.24) is 15.5 Å². The van der Waals surface area contributed by atoms with Crippen LogP contribution in [0.1, 0.15) is 43.8 Å². The summed E-state index contributed by atoms with van der Waals surface area (Å²) in [5.41, 5.74) is 1.44. The molecule has 150 valence electrons. The Morgan fingerprint density at radius 3 is 2.52 bits per heavy atom. The van der Waals surface area contributed by atoms with E-state index in [0.29, 0.717) is 17.5 Å². The average Bonchev–Trinajstić information content (AvgIpc) is 3.21. The number of carbonyl (C=O) groups excluding carboxylic acids is 1. The molecule has 0 bridgehead atoms. The van der Waals surface area contributed by atoms with Crippen LogP contribution >= 0.6 is 0 Å². The monoisotopic (exact) mass is 391 g/mol. The van der Waals surface area contributed by atoms with Gasteiger partial charge in [0.25, 0.3) is 5.91 Å². The predicted molar refractivity (Wildman–Crippen MR) is 109 cm³/mol. The Hall–Kier alpha value is -3.15. The van der Waals surface area contributed by atoms with Crippen LogP contribution in [0.4, 0.5) is 0 Å². The lowest BCUT2D eigenvalue weighted by Gasteiger charge is -2.35. The second-order valence-electron chi connectivity index (χ2n) is 7.48. The molecule has 0 atom stereocenters. The Balaban J connectivity index is 1.47. The molecule has 6 nitrogen and oxygen atoms in total. The number of nitrogens with zero attached hydrogens (tertiary/aromatic N) is 2. The normalized spacial score (nSPS) is 15.6. The van der Waals surface area contributed by atoms with Crippen molar-refractivity contribution in [2.24, 2.45) is 0 Å². The van der Waals surface area contributed by atoms with Crippen LogP contribution in [0.3, 0.4) is 0 Å². The number of aryl methyl sites for hydroxylation is 1. The molecule has 29 heavy (non-hydrogen) atoms. The minimum atomic E-state index is -0.574. The van der Waals surface area contributed by atoms with Gasteiger partial charge in [0.05, 0.1) is 0 Å². The van der Waals surface area contributed by atoms with Crippen LogP contribution in [0.25, 0.3) is 11.1 Å². The molecule has 0 radical (unpaired) electrons. The Morgan fingerprint density at radius 1 is 1.07 bits per heavy atom. The standard InChI is InChI=1S/C23H25N3O3/c1-17-24-22(26-29-17)23(14-8-3-9-15-23)25-21(27)16-28-20-13-7-6-12-19(20)18-10-4-2-5-11-18/h2,4-7,10-13H,3,8-9,14-16H2,1H3,(H,25,27). The molecule has 0 unspecified atom stereocenters. The van der Waals surface area contributed by atoms with E-state index in [1.807, 2.05) is 54.6 Å². The summed E-state index contributed by atoms with van der Waals surface area (Å²) in [5, 5.41) is 7.24. The van der Waals surface area contributed by atoms with Crippen molar-refractivity contribution in [1.29, 1.82) is 0 Å². The van der Waals surface area contributed by atoms with Gasteiger partial charge in [0.15, 0.2) is 12.4 Å². The van der Waals surface area contributed by atoms with Gasteiger partial charge in [-0.05, 0) is 24.5 Å². The van der Waals surface area contributed by atoms with E-state index in [1.54, 1.807) is 6.92 Å². The molecule has 1 amide bonds. The van der Waals surface area contributed by atoms with Gasteiger partial charge in [-0.15, -0.1) is 0 Å². The summed E-state index contributed by atoms with van der Waals surface area (Å²) >= 11 is 0. The zero-order valence-corrected chi connectivity index (χ0v) is 16.6. The molecule has 4 rings (SSSR count). The van der Waals surface area contributed by atoms with Crippen molar-refractivity contribution in [3.05, 3.63) is 66.3 Å². The molecule has 1 N–H and O–H groups in total. The van der Waals surface area contributed by atoms with Crippen molar-refractivity contribution in [2.75, 3.05) is 6.61 Å². The molecule has 0 aliphatic heterocycles. The number of benzene rings is 2. The second kappa shape index (κ2) is 8.47. The van der Waals surface area contributed by atoms with Crippen LogP contribution in [0.5, 0.6) is 5.75 Å². The van der Waals surface area contributed by atoms with Gasteiger partial charge in [0.2, 0.25) is 5.89 Å². The molecular formula is C23H25N3O3. The van der Waals surface area contributed by atoms with E-state index in [9.17, 15) is 4.79 Å². The smallest absolute Gasteiger partial charge is 0.258 e. The highest BCUT2D eigenvalue weighted by Crippen LogP contribution is 2.36. The number of carbonyl (C=O) groups is 1. The second-order valence-corrected chi connectivity index (χ2v) is 7.48. The van der Waals surface area contributed by atoms with E-state index < -0.39 is 5.54 Å². The maximum absolute atomic E-state index is 12.8. The molecule has 2 aromatic carbocycles. The molecule has 0 saturated heterocycles. The highest BCUT2D eigenvalue weighted by atomic mass is 16.5. The summed E-state index contributed by atoms with van der Waals surface area (Å²) in [6, 6.07) is 17.7. The van der Waals surface area contributed by atoms with Crippen LogP contribution in [0, 0.1) is 6.92 Å². The van der Waals surface area contributed by atoms with Crippen LogP contribution in [-0.2, 0) is 10.3 Å². The van der Waals surface area contributed by atoms with E-state index in [4.69, 9.17) is 9.26 Å². The Morgan fingerprint density at radius 2 is 1.79 bits per heavy atom. The Labute approximate surface area is 170 Å². The first kappa shape index (κ1) is 19.2. The van der Waals surface area contributed by atoms with Gasteiger partial charge in [-0.2, -0.15) is 4.98 Å². The van der Waals surface area contributed by atoms with Gasteiger partial charge in [0, 0.05) is 12.5 Å². The predicted octanol–water partition coefficient (Wildman–Crippen LogP) is 4.40. The largest absolute Gasteiger partial charge is 0.483 e. The zero-order valence-electron chi connectivity index (χ0n) is 16.6.